The molecule has 4 heteroatoms. The lowest BCUT2D eigenvalue weighted by Crippen LogP contribution is -2.43. The summed E-state index contributed by atoms with van der Waals surface area (Å²) in [7, 11) is 0. The molecule has 1 aromatic rings. The molecular weight excluding hydrogens is 178 g/mol. The Morgan fingerprint density at radius 3 is 2.86 bits per heavy atom. The Hall–Kier alpha value is -0.900. The second-order valence-electron chi connectivity index (χ2n) is 4.43. The summed E-state index contributed by atoms with van der Waals surface area (Å²) in [4.78, 5) is 4.37. The van der Waals surface area contributed by atoms with Crippen LogP contribution in [0.15, 0.2) is 4.52 Å². The van der Waals surface area contributed by atoms with Crippen LogP contribution in [0.3, 0.4) is 0 Å². The fraction of sp³-hybridized carbons (Fsp3) is 0.800. The van der Waals surface area contributed by atoms with Crippen molar-refractivity contribution >= 4 is 0 Å². The summed E-state index contributed by atoms with van der Waals surface area (Å²) in [5.41, 5.74) is 0. The van der Waals surface area contributed by atoms with E-state index in [1.807, 2.05) is 0 Å². The first-order valence-electron chi connectivity index (χ1n) is 5.26. The molecule has 14 heavy (non-hydrogen) atoms. The Morgan fingerprint density at radius 1 is 1.50 bits per heavy atom. The van der Waals surface area contributed by atoms with Gasteiger partial charge in [-0.2, -0.15) is 4.98 Å². The quantitative estimate of drug-likeness (QED) is 0.779. The third-order valence-electron chi connectivity index (χ3n) is 2.43. The van der Waals surface area contributed by atoms with Crippen LogP contribution in [0.25, 0.3) is 0 Å². The maximum absolute atomic E-state index is 5.16. The lowest BCUT2D eigenvalue weighted by Gasteiger charge is -2.25. The summed E-state index contributed by atoms with van der Waals surface area (Å²) in [6.07, 6.45) is 1.84. The van der Waals surface area contributed by atoms with Gasteiger partial charge in [0.05, 0.1) is 0 Å². The monoisotopic (exact) mass is 195 g/mol. The van der Waals surface area contributed by atoms with E-state index in [0.29, 0.717) is 11.8 Å². The molecule has 0 spiro atoms. The fourth-order valence-corrected chi connectivity index (χ4v) is 1.56. The van der Waals surface area contributed by atoms with E-state index in [0.717, 1.165) is 37.6 Å². The van der Waals surface area contributed by atoms with Gasteiger partial charge < -0.3 is 9.84 Å². The van der Waals surface area contributed by atoms with E-state index in [2.05, 4.69) is 29.3 Å². The van der Waals surface area contributed by atoms with Crippen LogP contribution in [0.2, 0.25) is 0 Å². The maximum atomic E-state index is 5.16. The lowest BCUT2D eigenvalue weighted by molar-refractivity contribution is 0.326. The van der Waals surface area contributed by atoms with Crippen molar-refractivity contribution in [3.8, 4) is 0 Å². The van der Waals surface area contributed by atoms with Crippen molar-refractivity contribution in [3.63, 3.8) is 0 Å². The van der Waals surface area contributed by atoms with Gasteiger partial charge in [0.15, 0.2) is 5.82 Å². The number of hydrogen-bond donors (Lipinski definition) is 1. The molecule has 0 saturated carbocycles. The van der Waals surface area contributed by atoms with Crippen LogP contribution >= 0.6 is 0 Å². The minimum atomic E-state index is 0.577. The molecule has 1 fully saturated rings. The molecule has 1 saturated heterocycles. The average molecular weight is 195 g/mol. The molecule has 0 aliphatic carbocycles. The van der Waals surface area contributed by atoms with Crippen molar-refractivity contribution in [1.29, 1.82) is 0 Å². The predicted octanol–water partition coefficient (Wildman–Crippen LogP) is 1.03. The molecule has 4 nitrogen and oxygen atoms in total. The molecule has 78 valence electrons. The number of nitrogens with one attached hydrogen (secondary N) is 1. The molecule has 0 aromatic carbocycles. The van der Waals surface area contributed by atoms with Crippen molar-refractivity contribution in [2.24, 2.45) is 11.8 Å². The van der Waals surface area contributed by atoms with E-state index in [4.69, 9.17) is 4.52 Å². The van der Waals surface area contributed by atoms with Crippen molar-refractivity contribution in [3.05, 3.63) is 11.7 Å². The van der Waals surface area contributed by atoms with E-state index in [9.17, 15) is 0 Å². The van der Waals surface area contributed by atoms with Gasteiger partial charge in [-0.15, -0.1) is 0 Å². The first kappa shape index (κ1) is 9.65. The molecule has 0 bridgehead atoms. The van der Waals surface area contributed by atoms with Gasteiger partial charge in [-0.05, 0) is 24.9 Å². The number of nitrogens with zero attached hydrogens (tertiary/aromatic N) is 2. The number of rotatable bonds is 4. The molecule has 0 amide bonds. The SMILES string of the molecule is CC(C)Cc1nc(CC2CNC2)no1. The molecule has 1 N–H and O–H groups in total. The van der Waals surface area contributed by atoms with Gasteiger partial charge in [-0.3, -0.25) is 0 Å². The molecular formula is C10H17N3O. The summed E-state index contributed by atoms with van der Waals surface area (Å²) in [5.74, 6) is 2.93. The summed E-state index contributed by atoms with van der Waals surface area (Å²) >= 11 is 0. The molecule has 0 radical (unpaired) electrons. The Balaban J connectivity index is 1.88. The number of hydrogen-bond acceptors (Lipinski definition) is 4. The highest BCUT2D eigenvalue weighted by Crippen LogP contribution is 2.11. The highest BCUT2D eigenvalue weighted by molar-refractivity contribution is 4.92. The van der Waals surface area contributed by atoms with Gasteiger partial charge in [0.25, 0.3) is 0 Å². The highest BCUT2D eigenvalue weighted by Gasteiger charge is 2.19. The molecule has 2 heterocycles. The van der Waals surface area contributed by atoms with Gasteiger partial charge in [-0.25, -0.2) is 0 Å². The average Bonchev–Trinajstić information content (AvgIpc) is 2.44. The largest absolute Gasteiger partial charge is 0.339 e. The first-order chi connectivity index (χ1) is 6.74. The van der Waals surface area contributed by atoms with E-state index < -0.39 is 0 Å². The summed E-state index contributed by atoms with van der Waals surface area (Å²) in [6, 6.07) is 0. The van der Waals surface area contributed by atoms with E-state index >= 15 is 0 Å². The van der Waals surface area contributed by atoms with Gasteiger partial charge in [0, 0.05) is 12.8 Å². The topological polar surface area (TPSA) is 51.0 Å². The van der Waals surface area contributed by atoms with Crippen molar-refractivity contribution in [2.45, 2.75) is 26.7 Å². The standard InChI is InChI=1S/C10H17N3O/c1-7(2)3-10-12-9(13-14-10)4-8-5-11-6-8/h7-8,11H,3-6H2,1-2H3. The maximum Gasteiger partial charge on any atom is 0.226 e. The predicted molar refractivity (Wildman–Crippen MR) is 52.9 cm³/mol. The van der Waals surface area contributed by atoms with E-state index in [1.54, 1.807) is 0 Å². The van der Waals surface area contributed by atoms with Crippen LogP contribution in [0, 0.1) is 11.8 Å². The van der Waals surface area contributed by atoms with E-state index in [-0.39, 0.29) is 0 Å². The molecule has 0 unspecified atom stereocenters. The zero-order chi connectivity index (χ0) is 9.97. The van der Waals surface area contributed by atoms with Crippen LogP contribution in [0.5, 0.6) is 0 Å². The first-order valence-corrected chi connectivity index (χ1v) is 5.26. The van der Waals surface area contributed by atoms with Crippen molar-refractivity contribution in [1.82, 2.24) is 15.5 Å². The summed E-state index contributed by atoms with van der Waals surface area (Å²) in [6.45, 7) is 6.49. The minimum absolute atomic E-state index is 0.577. The Kier molecular flexibility index (Phi) is 2.82. The second kappa shape index (κ2) is 4.09. The van der Waals surface area contributed by atoms with Gasteiger partial charge in [0.1, 0.15) is 0 Å². The zero-order valence-corrected chi connectivity index (χ0v) is 8.79. The molecule has 2 rings (SSSR count). The van der Waals surface area contributed by atoms with Gasteiger partial charge >= 0.3 is 0 Å². The molecule has 1 aliphatic heterocycles. The van der Waals surface area contributed by atoms with Crippen LogP contribution in [0.4, 0.5) is 0 Å². The second-order valence-corrected chi connectivity index (χ2v) is 4.43. The smallest absolute Gasteiger partial charge is 0.226 e. The third-order valence-corrected chi connectivity index (χ3v) is 2.43. The molecule has 1 aromatic heterocycles. The van der Waals surface area contributed by atoms with Crippen LogP contribution in [-0.2, 0) is 12.8 Å². The van der Waals surface area contributed by atoms with E-state index in [1.165, 1.54) is 0 Å². The van der Waals surface area contributed by atoms with Crippen molar-refractivity contribution < 1.29 is 4.52 Å². The van der Waals surface area contributed by atoms with Gasteiger partial charge in [0.2, 0.25) is 5.89 Å². The third kappa shape index (κ3) is 2.32. The zero-order valence-electron chi connectivity index (χ0n) is 8.79. The fourth-order valence-electron chi connectivity index (χ4n) is 1.56. The lowest BCUT2D eigenvalue weighted by atomic mass is 9.99. The van der Waals surface area contributed by atoms with Crippen LogP contribution in [0.1, 0.15) is 25.6 Å². The normalized spacial score (nSPS) is 17.4. The summed E-state index contributed by atoms with van der Waals surface area (Å²) < 4.78 is 5.16. The number of aromatic nitrogens is 2. The van der Waals surface area contributed by atoms with Crippen LogP contribution < -0.4 is 5.32 Å². The van der Waals surface area contributed by atoms with Crippen LogP contribution in [-0.4, -0.2) is 23.2 Å². The Bertz CT molecular complexity index is 291. The Labute approximate surface area is 84.1 Å². The Morgan fingerprint density at radius 2 is 2.29 bits per heavy atom. The molecule has 1 aliphatic rings. The summed E-state index contributed by atoms with van der Waals surface area (Å²) in [5, 5.41) is 7.21. The van der Waals surface area contributed by atoms with Gasteiger partial charge in [-0.1, -0.05) is 19.0 Å². The van der Waals surface area contributed by atoms with Crippen molar-refractivity contribution in [2.75, 3.05) is 13.1 Å². The molecule has 0 atom stereocenters. The highest BCUT2D eigenvalue weighted by atomic mass is 16.5. The minimum Gasteiger partial charge on any atom is -0.339 e.